The standard InChI is InChI=1S/C19H23FN2O3S2/c20-16-5-7-17(8-6-16)25-13-4-14-26-19-10-9-18(15-21-19)27(23,24)22-11-2-1-3-12-22/h5-10,15H,1-4,11-14H2. The van der Waals surface area contributed by atoms with E-state index in [0.29, 0.717) is 25.4 Å². The molecule has 0 amide bonds. The molecule has 0 unspecified atom stereocenters. The smallest absolute Gasteiger partial charge is 0.244 e. The van der Waals surface area contributed by atoms with Crippen LogP contribution in [0.25, 0.3) is 0 Å². The summed E-state index contributed by atoms with van der Waals surface area (Å²) in [6.45, 7) is 1.71. The molecule has 27 heavy (non-hydrogen) atoms. The van der Waals surface area contributed by atoms with Crippen molar-refractivity contribution in [1.82, 2.24) is 9.29 Å². The van der Waals surface area contributed by atoms with Gasteiger partial charge in [0.1, 0.15) is 16.5 Å². The summed E-state index contributed by atoms with van der Waals surface area (Å²) in [4.78, 5) is 4.54. The number of hydrogen-bond acceptors (Lipinski definition) is 5. The van der Waals surface area contributed by atoms with Gasteiger partial charge in [-0.05, 0) is 55.7 Å². The summed E-state index contributed by atoms with van der Waals surface area (Å²) in [6.07, 6.45) is 5.17. The molecule has 0 bridgehead atoms. The third-order valence-corrected chi connectivity index (χ3v) is 7.20. The van der Waals surface area contributed by atoms with Crippen LogP contribution >= 0.6 is 11.8 Å². The maximum atomic E-state index is 12.8. The van der Waals surface area contributed by atoms with E-state index >= 15 is 0 Å². The largest absolute Gasteiger partial charge is 0.494 e. The van der Waals surface area contributed by atoms with E-state index in [9.17, 15) is 12.8 Å². The lowest BCUT2D eigenvalue weighted by atomic mass is 10.2. The minimum Gasteiger partial charge on any atom is -0.494 e. The number of sulfonamides is 1. The number of halogens is 1. The maximum absolute atomic E-state index is 12.8. The molecular formula is C19H23FN2O3S2. The van der Waals surface area contributed by atoms with Crippen molar-refractivity contribution in [3.63, 3.8) is 0 Å². The Bertz CT molecular complexity index is 821. The molecule has 0 N–H and O–H groups in total. The zero-order chi connectivity index (χ0) is 19.1. The van der Waals surface area contributed by atoms with E-state index in [4.69, 9.17) is 4.74 Å². The van der Waals surface area contributed by atoms with Crippen LogP contribution < -0.4 is 4.74 Å². The Kier molecular flexibility index (Phi) is 7.09. The lowest BCUT2D eigenvalue weighted by molar-refractivity contribution is 0.318. The number of pyridine rings is 1. The molecule has 2 heterocycles. The van der Waals surface area contributed by atoms with Gasteiger partial charge in [-0.3, -0.25) is 0 Å². The van der Waals surface area contributed by atoms with E-state index in [-0.39, 0.29) is 10.7 Å². The predicted octanol–water partition coefficient (Wildman–Crippen LogP) is 3.96. The Morgan fingerprint density at radius 1 is 1.07 bits per heavy atom. The molecule has 3 rings (SSSR count). The predicted molar refractivity (Wildman–Crippen MR) is 104 cm³/mol. The second-order valence-corrected chi connectivity index (χ2v) is 9.35. The van der Waals surface area contributed by atoms with Crippen LogP contribution in [0.3, 0.4) is 0 Å². The Labute approximate surface area is 164 Å². The average Bonchev–Trinajstić information content (AvgIpc) is 2.70. The molecule has 1 aromatic carbocycles. The molecule has 1 aliphatic heterocycles. The summed E-state index contributed by atoms with van der Waals surface area (Å²) in [7, 11) is -3.43. The Hall–Kier alpha value is -1.64. The van der Waals surface area contributed by atoms with Crippen molar-refractivity contribution >= 4 is 21.8 Å². The normalized spacial score (nSPS) is 15.6. The minimum absolute atomic E-state index is 0.258. The van der Waals surface area contributed by atoms with Crippen LogP contribution in [0.2, 0.25) is 0 Å². The molecule has 1 aliphatic rings. The zero-order valence-corrected chi connectivity index (χ0v) is 16.6. The summed E-state index contributed by atoms with van der Waals surface area (Å²) in [6, 6.07) is 9.33. The summed E-state index contributed by atoms with van der Waals surface area (Å²) in [5.41, 5.74) is 0. The summed E-state index contributed by atoms with van der Waals surface area (Å²) < 4.78 is 45.1. The summed E-state index contributed by atoms with van der Waals surface area (Å²) in [5, 5.41) is 0.786. The molecule has 2 aromatic rings. The highest BCUT2D eigenvalue weighted by molar-refractivity contribution is 7.99. The van der Waals surface area contributed by atoms with Gasteiger partial charge in [-0.1, -0.05) is 6.42 Å². The second kappa shape index (κ2) is 9.52. The molecule has 1 aromatic heterocycles. The van der Waals surface area contributed by atoms with Crippen molar-refractivity contribution in [1.29, 1.82) is 0 Å². The highest BCUT2D eigenvalue weighted by atomic mass is 32.2. The fraction of sp³-hybridized carbons (Fsp3) is 0.421. The third-order valence-electron chi connectivity index (χ3n) is 4.28. The van der Waals surface area contributed by atoms with Crippen molar-refractivity contribution in [3.05, 3.63) is 48.4 Å². The van der Waals surface area contributed by atoms with Crippen molar-refractivity contribution in [2.45, 2.75) is 35.6 Å². The quantitative estimate of drug-likeness (QED) is 0.487. The van der Waals surface area contributed by atoms with Gasteiger partial charge >= 0.3 is 0 Å². The highest BCUT2D eigenvalue weighted by Gasteiger charge is 2.26. The Morgan fingerprint density at radius 3 is 2.48 bits per heavy atom. The SMILES string of the molecule is O=S(=O)(c1ccc(SCCCOc2ccc(F)cc2)nc1)N1CCCCC1. The highest BCUT2D eigenvalue weighted by Crippen LogP contribution is 2.22. The lowest BCUT2D eigenvalue weighted by Crippen LogP contribution is -2.35. The molecule has 0 spiro atoms. The van der Waals surface area contributed by atoms with Crippen molar-refractivity contribution in [3.8, 4) is 5.75 Å². The van der Waals surface area contributed by atoms with E-state index in [1.54, 1.807) is 40.3 Å². The van der Waals surface area contributed by atoms with Gasteiger partial charge in [-0.2, -0.15) is 4.31 Å². The maximum Gasteiger partial charge on any atom is 0.244 e. The van der Waals surface area contributed by atoms with Crippen LogP contribution in [0.1, 0.15) is 25.7 Å². The van der Waals surface area contributed by atoms with Gasteiger partial charge in [0.05, 0.1) is 11.6 Å². The molecule has 0 aliphatic carbocycles. The lowest BCUT2D eigenvalue weighted by Gasteiger charge is -2.25. The van der Waals surface area contributed by atoms with Crippen LogP contribution in [0.4, 0.5) is 4.39 Å². The first-order chi connectivity index (χ1) is 13.1. The third kappa shape index (κ3) is 5.67. The molecule has 146 valence electrons. The fourth-order valence-electron chi connectivity index (χ4n) is 2.82. The number of rotatable bonds is 8. The van der Waals surface area contributed by atoms with E-state index in [1.165, 1.54) is 18.3 Å². The van der Waals surface area contributed by atoms with Crippen LogP contribution in [0, 0.1) is 5.82 Å². The number of thioether (sulfide) groups is 1. The first kappa shape index (κ1) is 20.1. The monoisotopic (exact) mass is 410 g/mol. The van der Waals surface area contributed by atoms with E-state index in [2.05, 4.69) is 4.98 Å². The average molecular weight is 411 g/mol. The van der Waals surface area contributed by atoms with Gasteiger partial charge in [-0.25, -0.2) is 17.8 Å². The Balaban J connectivity index is 1.44. The van der Waals surface area contributed by atoms with Gasteiger partial charge in [0.15, 0.2) is 0 Å². The summed E-state index contributed by atoms with van der Waals surface area (Å²) >= 11 is 1.55. The van der Waals surface area contributed by atoms with Crippen molar-refractivity contribution in [2.75, 3.05) is 25.4 Å². The van der Waals surface area contributed by atoms with Crippen LogP contribution in [-0.2, 0) is 10.0 Å². The number of nitrogens with zero attached hydrogens (tertiary/aromatic N) is 2. The fourth-order valence-corrected chi connectivity index (χ4v) is 5.04. The van der Waals surface area contributed by atoms with E-state index in [0.717, 1.165) is 36.5 Å². The number of aromatic nitrogens is 1. The van der Waals surface area contributed by atoms with Gasteiger partial charge < -0.3 is 4.74 Å². The Morgan fingerprint density at radius 2 is 1.81 bits per heavy atom. The number of ether oxygens (including phenoxy) is 1. The molecule has 5 nitrogen and oxygen atoms in total. The van der Waals surface area contributed by atoms with Crippen LogP contribution in [0.5, 0.6) is 5.75 Å². The van der Waals surface area contributed by atoms with Gasteiger partial charge in [0, 0.05) is 25.0 Å². The van der Waals surface area contributed by atoms with Gasteiger partial charge in [-0.15, -0.1) is 11.8 Å². The van der Waals surface area contributed by atoms with E-state index < -0.39 is 10.0 Å². The van der Waals surface area contributed by atoms with E-state index in [1.807, 2.05) is 0 Å². The topological polar surface area (TPSA) is 59.5 Å². The first-order valence-corrected chi connectivity index (χ1v) is 11.5. The molecule has 0 saturated carbocycles. The van der Waals surface area contributed by atoms with Gasteiger partial charge in [0.2, 0.25) is 10.0 Å². The number of benzene rings is 1. The zero-order valence-electron chi connectivity index (χ0n) is 15.0. The van der Waals surface area contributed by atoms with Crippen LogP contribution in [-0.4, -0.2) is 43.2 Å². The minimum atomic E-state index is -3.43. The second-order valence-electron chi connectivity index (χ2n) is 6.30. The van der Waals surface area contributed by atoms with Gasteiger partial charge in [0.25, 0.3) is 0 Å². The number of hydrogen-bond donors (Lipinski definition) is 0. The van der Waals surface area contributed by atoms with Crippen molar-refractivity contribution < 1.29 is 17.5 Å². The first-order valence-electron chi connectivity index (χ1n) is 9.03. The number of piperidine rings is 1. The van der Waals surface area contributed by atoms with Crippen LogP contribution in [0.15, 0.2) is 52.5 Å². The molecule has 0 radical (unpaired) electrons. The van der Waals surface area contributed by atoms with Crippen molar-refractivity contribution in [2.24, 2.45) is 0 Å². The summed E-state index contributed by atoms with van der Waals surface area (Å²) in [5.74, 6) is 1.16. The molecule has 1 fully saturated rings. The molecule has 8 heteroatoms. The molecule has 1 saturated heterocycles. The molecule has 0 atom stereocenters. The molecular weight excluding hydrogens is 387 g/mol.